The van der Waals surface area contributed by atoms with Crippen molar-refractivity contribution < 1.29 is 4.42 Å². The lowest BCUT2D eigenvalue weighted by atomic mass is 10.1. The number of nitrogens with zero attached hydrogens (tertiary/aromatic N) is 3. The second kappa shape index (κ2) is 11.9. The fraction of sp³-hybridized carbons (Fsp3) is 0.524. The quantitative estimate of drug-likeness (QED) is 0.347. The van der Waals surface area contributed by atoms with Gasteiger partial charge < -0.3 is 20.0 Å². The van der Waals surface area contributed by atoms with Gasteiger partial charge in [-0.3, -0.25) is 4.99 Å². The number of furan rings is 1. The lowest BCUT2D eigenvalue weighted by molar-refractivity contribution is 0.458. The molecular formula is C21H32IN5O. The first-order valence-electron chi connectivity index (χ1n) is 9.99. The van der Waals surface area contributed by atoms with E-state index in [1.165, 1.54) is 5.56 Å². The van der Waals surface area contributed by atoms with Crippen molar-refractivity contribution in [1.29, 1.82) is 0 Å². The second-order valence-electron chi connectivity index (χ2n) is 7.09. The Morgan fingerprint density at radius 2 is 2.11 bits per heavy atom. The van der Waals surface area contributed by atoms with Gasteiger partial charge in [0.1, 0.15) is 11.6 Å². The van der Waals surface area contributed by atoms with Crippen molar-refractivity contribution in [2.75, 3.05) is 31.1 Å². The SMILES string of the molecule is CCCN=C(NCCc1ccco1)NC1CCN(c2ccc(C)cn2)CC1.I. The number of aryl methyl sites for hydroxylation is 1. The molecule has 3 heterocycles. The zero-order chi connectivity index (χ0) is 18.9. The minimum Gasteiger partial charge on any atom is -0.469 e. The van der Waals surface area contributed by atoms with E-state index in [4.69, 9.17) is 4.42 Å². The van der Waals surface area contributed by atoms with E-state index < -0.39 is 0 Å². The Hall–Kier alpha value is -1.77. The summed E-state index contributed by atoms with van der Waals surface area (Å²) in [6.45, 7) is 7.90. The number of aromatic nitrogens is 1. The van der Waals surface area contributed by atoms with Gasteiger partial charge >= 0.3 is 0 Å². The third-order valence-electron chi connectivity index (χ3n) is 4.79. The molecule has 2 aromatic rings. The van der Waals surface area contributed by atoms with Gasteiger partial charge in [0.25, 0.3) is 0 Å². The summed E-state index contributed by atoms with van der Waals surface area (Å²) < 4.78 is 5.40. The van der Waals surface area contributed by atoms with Crippen LogP contribution in [-0.2, 0) is 6.42 Å². The Kier molecular flexibility index (Phi) is 9.60. The number of anilines is 1. The minimum atomic E-state index is 0. The third-order valence-corrected chi connectivity index (χ3v) is 4.79. The molecule has 0 amide bonds. The van der Waals surface area contributed by atoms with Gasteiger partial charge in [0.15, 0.2) is 5.96 Å². The number of pyridine rings is 1. The Morgan fingerprint density at radius 3 is 2.75 bits per heavy atom. The highest BCUT2D eigenvalue weighted by molar-refractivity contribution is 14.0. The number of hydrogen-bond donors (Lipinski definition) is 2. The normalized spacial score (nSPS) is 15.2. The smallest absolute Gasteiger partial charge is 0.191 e. The molecule has 0 unspecified atom stereocenters. The molecule has 0 bridgehead atoms. The summed E-state index contributed by atoms with van der Waals surface area (Å²) in [5, 5.41) is 7.06. The largest absolute Gasteiger partial charge is 0.469 e. The molecule has 0 radical (unpaired) electrons. The van der Waals surface area contributed by atoms with Crippen LogP contribution >= 0.6 is 24.0 Å². The molecule has 6 nitrogen and oxygen atoms in total. The molecule has 1 fully saturated rings. The average molecular weight is 497 g/mol. The molecule has 0 atom stereocenters. The molecule has 1 aliphatic rings. The van der Waals surface area contributed by atoms with Gasteiger partial charge in [0, 0.05) is 44.8 Å². The summed E-state index contributed by atoms with van der Waals surface area (Å²) in [6.07, 6.45) is 7.73. The van der Waals surface area contributed by atoms with E-state index in [1.54, 1.807) is 6.26 Å². The summed E-state index contributed by atoms with van der Waals surface area (Å²) in [4.78, 5) is 11.6. The van der Waals surface area contributed by atoms with Crippen molar-refractivity contribution in [2.24, 2.45) is 4.99 Å². The van der Waals surface area contributed by atoms with Gasteiger partial charge in [0.05, 0.1) is 6.26 Å². The Morgan fingerprint density at radius 1 is 1.29 bits per heavy atom. The van der Waals surface area contributed by atoms with Crippen LogP contribution in [0.5, 0.6) is 0 Å². The maximum atomic E-state index is 5.40. The first-order chi connectivity index (χ1) is 13.2. The van der Waals surface area contributed by atoms with Gasteiger partial charge in [-0.1, -0.05) is 13.0 Å². The predicted octanol–water partition coefficient (Wildman–Crippen LogP) is 3.76. The maximum Gasteiger partial charge on any atom is 0.191 e. The van der Waals surface area contributed by atoms with Crippen LogP contribution < -0.4 is 15.5 Å². The topological polar surface area (TPSA) is 65.7 Å². The number of rotatable bonds is 7. The zero-order valence-corrected chi connectivity index (χ0v) is 19.2. The molecular weight excluding hydrogens is 465 g/mol. The van der Waals surface area contributed by atoms with Gasteiger partial charge in [-0.15, -0.1) is 24.0 Å². The number of hydrogen-bond acceptors (Lipinski definition) is 4. The van der Waals surface area contributed by atoms with E-state index in [2.05, 4.69) is 51.5 Å². The van der Waals surface area contributed by atoms with Crippen LogP contribution in [0.15, 0.2) is 46.1 Å². The van der Waals surface area contributed by atoms with Crippen molar-refractivity contribution in [3.05, 3.63) is 48.0 Å². The second-order valence-corrected chi connectivity index (χ2v) is 7.09. The van der Waals surface area contributed by atoms with E-state index in [-0.39, 0.29) is 24.0 Å². The van der Waals surface area contributed by atoms with Gasteiger partial charge in [-0.25, -0.2) is 4.98 Å². The molecule has 0 spiro atoms. The van der Waals surface area contributed by atoms with E-state index in [1.807, 2.05) is 18.3 Å². The van der Waals surface area contributed by atoms with Crippen molar-refractivity contribution in [2.45, 2.75) is 45.6 Å². The van der Waals surface area contributed by atoms with Crippen LogP contribution in [0.4, 0.5) is 5.82 Å². The van der Waals surface area contributed by atoms with Crippen molar-refractivity contribution in [3.8, 4) is 0 Å². The molecule has 0 saturated carbocycles. The summed E-state index contributed by atoms with van der Waals surface area (Å²) >= 11 is 0. The molecule has 3 rings (SSSR count). The van der Waals surface area contributed by atoms with E-state index in [0.29, 0.717) is 6.04 Å². The Labute approximate surface area is 185 Å². The standard InChI is InChI=1S/C21H31N5O.HI/c1-3-11-22-21(23-12-8-19-5-4-15-27-19)25-18-9-13-26(14-10-18)20-7-6-17(2)16-24-20;/h4-7,15-16,18H,3,8-14H2,1-2H3,(H2,22,23,25);1H. The van der Waals surface area contributed by atoms with Gasteiger partial charge in [-0.2, -0.15) is 0 Å². The molecule has 1 saturated heterocycles. The number of halogens is 1. The minimum absolute atomic E-state index is 0. The molecule has 2 aromatic heterocycles. The van der Waals surface area contributed by atoms with Gasteiger partial charge in [0.2, 0.25) is 0 Å². The highest BCUT2D eigenvalue weighted by Crippen LogP contribution is 2.18. The van der Waals surface area contributed by atoms with Crippen molar-refractivity contribution in [1.82, 2.24) is 15.6 Å². The Balaban J connectivity index is 0.00000280. The molecule has 28 heavy (non-hydrogen) atoms. The summed E-state index contributed by atoms with van der Waals surface area (Å²) in [5.41, 5.74) is 1.20. The first kappa shape index (κ1) is 22.5. The van der Waals surface area contributed by atoms with Crippen LogP contribution in [0, 0.1) is 6.92 Å². The van der Waals surface area contributed by atoms with Gasteiger partial charge in [-0.05, 0) is 49.9 Å². The number of aliphatic imine (C=N–C) groups is 1. The molecule has 1 aliphatic heterocycles. The Bertz CT molecular complexity index is 694. The summed E-state index contributed by atoms with van der Waals surface area (Å²) in [5.74, 6) is 2.99. The summed E-state index contributed by atoms with van der Waals surface area (Å²) in [6, 6.07) is 8.63. The molecule has 154 valence electrons. The highest BCUT2D eigenvalue weighted by Gasteiger charge is 2.20. The first-order valence-corrected chi connectivity index (χ1v) is 9.99. The highest BCUT2D eigenvalue weighted by atomic mass is 127. The summed E-state index contributed by atoms with van der Waals surface area (Å²) in [7, 11) is 0. The molecule has 2 N–H and O–H groups in total. The van der Waals surface area contributed by atoms with Crippen LogP contribution in [0.3, 0.4) is 0 Å². The van der Waals surface area contributed by atoms with Crippen LogP contribution in [0.25, 0.3) is 0 Å². The van der Waals surface area contributed by atoms with Crippen molar-refractivity contribution >= 4 is 35.8 Å². The van der Waals surface area contributed by atoms with E-state index in [9.17, 15) is 0 Å². The zero-order valence-electron chi connectivity index (χ0n) is 16.9. The number of piperidine rings is 1. The monoisotopic (exact) mass is 497 g/mol. The fourth-order valence-electron chi connectivity index (χ4n) is 3.23. The molecule has 7 heteroatoms. The number of guanidine groups is 1. The van der Waals surface area contributed by atoms with E-state index >= 15 is 0 Å². The molecule has 0 aliphatic carbocycles. The lowest BCUT2D eigenvalue weighted by Gasteiger charge is -2.34. The van der Waals surface area contributed by atoms with Crippen LogP contribution in [0.1, 0.15) is 37.5 Å². The third kappa shape index (κ3) is 7.00. The maximum absolute atomic E-state index is 5.40. The van der Waals surface area contributed by atoms with Crippen LogP contribution in [-0.4, -0.2) is 43.2 Å². The number of nitrogens with one attached hydrogen (secondary N) is 2. The van der Waals surface area contributed by atoms with Crippen LogP contribution in [0.2, 0.25) is 0 Å². The fourth-order valence-corrected chi connectivity index (χ4v) is 3.23. The van der Waals surface area contributed by atoms with E-state index in [0.717, 1.165) is 69.4 Å². The lowest BCUT2D eigenvalue weighted by Crippen LogP contribution is -2.49. The van der Waals surface area contributed by atoms with Crippen molar-refractivity contribution in [3.63, 3.8) is 0 Å². The molecule has 0 aromatic carbocycles. The predicted molar refractivity (Wildman–Crippen MR) is 126 cm³/mol. The average Bonchev–Trinajstić information content (AvgIpc) is 3.21.